The van der Waals surface area contributed by atoms with Gasteiger partial charge >= 0.3 is 0 Å². The first kappa shape index (κ1) is 10.7. The van der Waals surface area contributed by atoms with Gasteiger partial charge in [0.2, 0.25) is 0 Å². The highest BCUT2D eigenvalue weighted by molar-refractivity contribution is 9.12. The third-order valence-corrected chi connectivity index (χ3v) is 3.78. The lowest BCUT2D eigenvalue weighted by atomic mass is 10.1. The molecule has 0 aromatic carbocycles. The van der Waals surface area contributed by atoms with Crippen LogP contribution in [0, 0.1) is 0 Å². The van der Waals surface area contributed by atoms with Crippen LogP contribution in [0.25, 0.3) is 0 Å². The highest BCUT2D eigenvalue weighted by Crippen LogP contribution is 2.12. The minimum absolute atomic E-state index is 0.650. The van der Waals surface area contributed by atoms with Crippen LogP contribution in [0.2, 0.25) is 0 Å². The number of rotatable bonds is 6. The molecule has 0 nitrogen and oxygen atoms in total. The van der Waals surface area contributed by atoms with Crippen molar-refractivity contribution in [1.82, 2.24) is 0 Å². The molecule has 2 heteroatoms. The van der Waals surface area contributed by atoms with Gasteiger partial charge in [0, 0.05) is 10.2 Å². The van der Waals surface area contributed by atoms with Crippen molar-refractivity contribution < 1.29 is 0 Å². The summed E-state index contributed by atoms with van der Waals surface area (Å²) in [5.74, 6) is 0. The zero-order chi connectivity index (χ0) is 7.82. The van der Waals surface area contributed by atoms with E-state index in [0.29, 0.717) is 4.83 Å². The molecule has 10 heavy (non-hydrogen) atoms. The molecule has 1 unspecified atom stereocenters. The molecular formula is C8H14Br2. The molecule has 0 saturated carbocycles. The van der Waals surface area contributed by atoms with E-state index in [9.17, 15) is 0 Å². The average molecular weight is 270 g/mol. The molecule has 0 aliphatic heterocycles. The van der Waals surface area contributed by atoms with E-state index in [2.05, 4.69) is 38.4 Å². The Morgan fingerprint density at radius 1 is 1.40 bits per heavy atom. The Morgan fingerprint density at radius 3 is 2.60 bits per heavy atom. The molecular weight excluding hydrogens is 256 g/mol. The number of hydrogen-bond donors (Lipinski definition) is 0. The van der Waals surface area contributed by atoms with E-state index in [4.69, 9.17) is 0 Å². The third kappa shape index (κ3) is 6.81. The molecule has 0 fully saturated rings. The monoisotopic (exact) mass is 268 g/mol. The fraction of sp³-hybridized carbons (Fsp3) is 0.750. The summed E-state index contributed by atoms with van der Waals surface area (Å²) in [5.41, 5.74) is 0. The predicted molar refractivity (Wildman–Crippen MR) is 55.2 cm³/mol. The van der Waals surface area contributed by atoms with Gasteiger partial charge in [0.15, 0.2) is 0 Å². The smallest absolute Gasteiger partial charge is 0.0242 e. The first-order chi connectivity index (χ1) is 4.81. The van der Waals surface area contributed by atoms with Crippen LogP contribution in [0.4, 0.5) is 0 Å². The van der Waals surface area contributed by atoms with Crippen molar-refractivity contribution in [1.29, 1.82) is 0 Å². The van der Waals surface area contributed by atoms with Crippen LogP contribution in [0.1, 0.15) is 25.7 Å². The fourth-order valence-corrected chi connectivity index (χ4v) is 1.38. The van der Waals surface area contributed by atoms with Crippen molar-refractivity contribution in [2.24, 2.45) is 0 Å². The van der Waals surface area contributed by atoms with Crippen molar-refractivity contribution >= 4 is 31.9 Å². The maximum atomic E-state index is 3.68. The lowest BCUT2D eigenvalue weighted by molar-refractivity contribution is 0.693. The fourth-order valence-electron chi connectivity index (χ4n) is 0.732. The highest BCUT2D eigenvalue weighted by atomic mass is 79.9. The first-order valence-electron chi connectivity index (χ1n) is 3.62. The number of alkyl halides is 2. The molecule has 0 rings (SSSR count). The summed E-state index contributed by atoms with van der Waals surface area (Å²) in [7, 11) is 0. The van der Waals surface area contributed by atoms with Crippen molar-refractivity contribution in [3.05, 3.63) is 12.7 Å². The van der Waals surface area contributed by atoms with Crippen molar-refractivity contribution in [3.63, 3.8) is 0 Å². The summed E-state index contributed by atoms with van der Waals surface area (Å²) < 4.78 is 0. The van der Waals surface area contributed by atoms with Gasteiger partial charge in [-0.3, -0.25) is 0 Å². The summed E-state index contributed by atoms with van der Waals surface area (Å²) in [6.07, 6.45) is 6.98. The maximum Gasteiger partial charge on any atom is 0.0242 e. The molecule has 0 spiro atoms. The Bertz CT molecular complexity index is 81.3. The molecule has 0 radical (unpaired) electrons. The zero-order valence-corrected chi connectivity index (χ0v) is 9.33. The standard InChI is InChI=1S/C8H14Br2/c1-2-3-4-5-6-8(10)7-9/h2,8H,1,3-7H2. The van der Waals surface area contributed by atoms with Gasteiger partial charge in [0.05, 0.1) is 0 Å². The van der Waals surface area contributed by atoms with E-state index in [1.165, 1.54) is 19.3 Å². The molecule has 0 aromatic rings. The van der Waals surface area contributed by atoms with Crippen molar-refractivity contribution in [3.8, 4) is 0 Å². The summed E-state index contributed by atoms with van der Waals surface area (Å²) >= 11 is 6.97. The topological polar surface area (TPSA) is 0 Å². The Labute approximate surface area is 80.3 Å². The molecule has 0 N–H and O–H groups in total. The summed E-state index contributed by atoms with van der Waals surface area (Å²) in [6, 6.07) is 0. The average Bonchev–Trinajstić information content (AvgIpc) is 1.98. The van der Waals surface area contributed by atoms with E-state index in [1.807, 2.05) is 6.08 Å². The van der Waals surface area contributed by atoms with E-state index in [0.717, 1.165) is 11.8 Å². The quantitative estimate of drug-likeness (QED) is 0.390. The van der Waals surface area contributed by atoms with Gasteiger partial charge in [0.1, 0.15) is 0 Å². The SMILES string of the molecule is C=CCCCCC(Br)CBr. The molecule has 0 saturated heterocycles. The molecule has 60 valence electrons. The third-order valence-electron chi connectivity index (χ3n) is 1.34. The predicted octanol–water partition coefficient (Wildman–Crippen LogP) is 3.89. The van der Waals surface area contributed by atoms with Gasteiger partial charge in [-0.25, -0.2) is 0 Å². The number of halogens is 2. The second kappa shape index (κ2) is 7.80. The summed E-state index contributed by atoms with van der Waals surface area (Å²) in [5, 5.41) is 1.06. The van der Waals surface area contributed by atoms with Gasteiger partial charge in [0.25, 0.3) is 0 Å². The van der Waals surface area contributed by atoms with Crippen LogP contribution in [-0.4, -0.2) is 10.2 Å². The van der Waals surface area contributed by atoms with Gasteiger partial charge in [-0.05, 0) is 19.3 Å². The van der Waals surface area contributed by atoms with E-state index in [-0.39, 0.29) is 0 Å². The number of hydrogen-bond acceptors (Lipinski definition) is 0. The molecule has 0 amide bonds. The second-order valence-electron chi connectivity index (χ2n) is 2.32. The highest BCUT2D eigenvalue weighted by Gasteiger charge is 1.99. The number of allylic oxidation sites excluding steroid dienone is 1. The molecule has 0 aliphatic rings. The summed E-state index contributed by atoms with van der Waals surface area (Å²) in [6.45, 7) is 3.68. The van der Waals surface area contributed by atoms with Crippen molar-refractivity contribution in [2.75, 3.05) is 5.33 Å². The largest absolute Gasteiger partial charge is 0.103 e. The van der Waals surface area contributed by atoms with Gasteiger partial charge < -0.3 is 0 Å². The van der Waals surface area contributed by atoms with Crippen LogP contribution in [0.5, 0.6) is 0 Å². The maximum absolute atomic E-state index is 3.68. The molecule has 0 aromatic heterocycles. The Morgan fingerprint density at radius 2 is 2.10 bits per heavy atom. The van der Waals surface area contributed by atoms with Crippen LogP contribution in [0.3, 0.4) is 0 Å². The Balaban J connectivity index is 2.95. The lowest BCUT2D eigenvalue weighted by Gasteiger charge is -2.03. The Hall–Kier alpha value is 0.700. The molecule has 0 bridgehead atoms. The molecule has 0 aliphatic carbocycles. The van der Waals surface area contributed by atoms with Crippen LogP contribution < -0.4 is 0 Å². The first-order valence-corrected chi connectivity index (χ1v) is 5.66. The lowest BCUT2D eigenvalue weighted by Crippen LogP contribution is -1.97. The minimum Gasteiger partial charge on any atom is -0.103 e. The minimum atomic E-state index is 0.650. The number of unbranched alkanes of at least 4 members (excludes halogenated alkanes) is 2. The van der Waals surface area contributed by atoms with E-state index >= 15 is 0 Å². The van der Waals surface area contributed by atoms with Gasteiger partial charge in [-0.15, -0.1) is 6.58 Å². The van der Waals surface area contributed by atoms with E-state index < -0.39 is 0 Å². The van der Waals surface area contributed by atoms with E-state index in [1.54, 1.807) is 0 Å². The van der Waals surface area contributed by atoms with Crippen LogP contribution in [0.15, 0.2) is 12.7 Å². The second-order valence-corrected chi connectivity index (χ2v) is 4.27. The normalized spacial score (nSPS) is 13.0. The van der Waals surface area contributed by atoms with Gasteiger partial charge in [-0.2, -0.15) is 0 Å². The molecule has 1 atom stereocenters. The van der Waals surface area contributed by atoms with Crippen molar-refractivity contribution in [2.45, 2.75) is 30.5 Å². The zero-order valence-electron chi connectivity index (χ0n) is 6.15. The molecule has 0 heterocycles. The van der Waals surface area contributed by atoms with Crippen LogP contribution >= 0.6 is 31.9 Å². The Kier molecular flexibility index (Phi) is 8.35. The van der Waals surface area contributed by atoms with Crippen LogP contribution in [-0.2, 0) is 0 Å². The summed E-state index contributed by atoms with van der Waals surface area (Å²) in [4.78, 5) is 0.650. The van der Waals surface area contributed by atoms with Gasteiger partial charge in [-0.1, -0.05) is 44.4 Å².